The van der Waals surface area contributed by atoms with E-state index in [4.69, 9.17) is 16.3 Å². The molecule has 0 bridgehead atoms. The highest BCUT2D eigenvalue weighted by atomic mass is 35.5. The van der Waals surface area contributed by atoms with Gasteiger partial charge in [0, 0.05) is 11.3 Å². The lowest BCUT2D eigenvalue weighted by atomic mass is 10.1. The summed E-state index contributed by atoms with van der Waals surface area (Å²) < 4.78 is 45.1. The van der Waals surface area contributed by atoms with Crippen molar-refractivity contribution in [3.8, 4) is 11.4 Å². The highest BCUT2D eigenvalue weighted by Crippen LogP contribution is 2.32. The molecule has 1 amide bonds. The van der Waals surface area contributed by atoms with E-state index in [1.54, 1.807) is 24.3 Å². The minimum Gasteiger partial charge on any atom is -0.494 e. The molecule has 1 aromatic heterocycles. The fraction of sp³-hybridized carbons (Fsp3) is 0.158. The fourth-order valence-corrected chi connectivity index (χ4v) is 2.79. The van der Waals surface area contributed by atoms with Gasteiger partial charge in [0.2, 0.25) is 0 Å². The molecular formula is C19H15ClF3N3O2. The van der Waals surface area contributed by atoms with Crippen molar-refractivity contribution in [2.24, 2.45) is 0 Å². The molecule has 9 heteroatoms. The summed E-state index contributed by atoms with van der Waals surface area (Å²) in [6, 6.07) is 12.1. The second-order valence-electron chi connectivity index (χ2n) is 5.90. The average Bonchev–Trinajstić information content (AvgIpc) is 3.05. The van der Waals surface area contributed by atoms with E-state index >= 15 is 0 Å². The third-order valence-electron chi connectivity index (χ3n) is 3.97. The maximum absolute atomic E-state index is 12.9. The van der Waals surface area contributed by atoms with Gasteiger partial charge in [0.1, 0.15) is 11.4 Å². The van der Waals surface area contributed by atoms with Crippen LogP contribution in [-0.2, 0) is 6.18 Å². The van der Waals surface area contributed by atoms with Gasteiger partial charge < -0.3 is 10.1 Å². The molecule has 0 unspecified atom stereocenters. The van der Waals surface area contributed by atoms with Gasteiger partial charge in [0.05, 0.1) is 17.8 Å². The van der Waals surface area contributed by atoms with Crippen LogP contribution in [-0.4, -0.2) is 22.8 Å². The molecule has 28 heavy (non-hydrogen) atoms. The highest BCUT2D eigenvalue weighted by molar-refractivity contribution is 6.33. The van der Waals surface area contributed by atoms with Crippen molar-refractivity contribution in [3.05, 3.63) is 70.5 Å². The van der Waals surface area contributed by atoms with E-state index in [2.05, 4.69) is 10.4 Å². The van der Waals surface area contributed by atoms with Crippen LogP contribution in [0.4, 0.5) is 18.9 Å². The number of alkyl halides is 3. The number of amides is 1. The van der Waals surface area contributed by atoms with E-state index in [0.717, 1.165) is 10.7 Å². The number of nitrogens with one attached hydrogen (secondary N) is 1. The molecule has 0 fully saturated rings. The predicted octanol–water partition coefficient (Wildman–Crippen LogP) is 5.11. The number of hydrogen-bond donors (Lipinski definition) is 1. The zero-order chi connectivity index (χ0) is 20.5. The molecule has 3 rings (SSSR count). The Labute approximate surface area is 163 Å². The summed E-state index contributed by atoms with van der Waals surface area (Å²) in [4.78, 5) is 12.5. The van der Waals surface area contributed by atoms with Crippen LogP contribution in [0, 0.1) is 6.92 Å². The third-order valence-corrected chi connectivity index (χ3v) is 4.30. The molecule has 0 saturated heterocycles. The molecule has 146 valence electrons. The van der Waals surface area contributed by atoms with Crippen molar-refractivity contribution in [2.75, 3.05) is 12.4 Å². The number of anilines is 1. The Hall–Kier alpha value is -3.00. The number of hydrogen-bond acceptors (Lipinski definition) is 3. The lowest BCUT2D eigenvalue weighted by Crippen LogP contribution is -2.13. The Morgan fingerprint density at radius 3 is 2.50 bits per heavy atom. The van der Waals surface area contributed by atoms with Crippen molar-refractivity contribution in [1.82, 2.24) is 9.78 Å². The standard InChI is InChI=1S/C19H15ClF3N3O2/c1-11-9-17(19(21,22)23)25-26(11)15-8-7-12(10-16(15)28-2)18(27)24-14-6-4-3-5-13(14)20/h3-10H,1-2H3,(H,24,27). The molecule has 0 aliphatic carbocycles. The molecule has 0 aliphatic rings. The Balaban J connectivity index is 1.94. The van der Waals surface area contributed by atoms with E-state index < -0.39 is 17.8 Å². The Morgan fingerprint density at radius 1 is 1.18 bits per heavy atom. The number of nitrogens with zero attached hydrogens (tertiary/aromatic N) is 2. The number of benzene rings is 2. The summed E-state index contributed by atoms with van der Waals surface area (Å²) >= 11 is 6.03. The van der Waals surface area contributed by atoms with Crippen molar-refractivity contribution in [2.45, 2.75) is 13.1 Å². The van der Waals surface area contributed by atoms with Crippen LogP contribution in [0.2, 0.25) is 5.02 Å². The van der Waals surface area contributed by atoms with E-state index in [0.29, 0.717) is 10.7 Å². The molecule has 5 nitrogen and oxygen atoms in total. The lowest BCUT2D eigenvalue weighted by molar-refractivity contribution is -0.141. The van der Waals surface area contributed by atoms with Crippen LogP contribution in [0.3, 0.4) is 0 Å². The summed E-state index contributed by atoms with van der Waals surface area (Å²) in [6.07, 6.45) is -4.56. The molecule has 0 atom stereocenters. The number of para-hydroxylation sites is 1. The first-order valence-electron chi connectivity index (χ1n) is 8.09. The van der Waals surface area contributed by atoms with Crippen molar-refractivity contribution >= 4 is 23.2 Å². The lowest BCUT2D eigenvalue weighted by Gasteiger charge is -2.13. The van der Waals surface area contributed by atoms with Gasteiger partial charge in [-0.15, -0.1) is 0 Å². The van der Waals surface area contributed by atoms with Gasteiger partial charge in [-0.3, -0.25) is 4.79 Å². The third kappa shape index (κ3) is 3.96. The molecule has 1 heterocycles. The van der Waals surface area contributed by atoms with Gasteiger partial charge in [-0.1, -0.05) is 23.7 Å². The van der Waals surface area contributed by atoms with Gasteiger partial charge in [0.25, 0.3) is 5.91 Å². The van der Waals surface area contributed by atoms with Crippen LogP contribution in [0.5, 0.6) is 5.75 Å². The number of carbonyl (C=O) groups is 1. The second-order valence-corrected chi connectivity index (χ2v) is 6.31. The maximum atomic E-state index is 12.9. The first-order chi connectivity index (χ1) is 13.2. The SMILES string of the molecule is COc1cc(C(=O)Nc2ccccc2Cl)ccc1-n1nc(C(F)(F)F)cc1C. The first-order valence-corrected chi connectivity index (χ1v) is 8.46. The fourth-order valence-electron chi connectivity index (χ4n) is 2.61. The predicted molar refractivity (Wildman–Crippen MR) is 99.3 cm³/mol. The number of ether oxygens (including phenoxy) is 1. The highest BCUT2D eigenvalue weighted by Gasteiger charge is 2.34. The maximum Gasteiger partial charge on any atom is 0.435 e. The van der Waals surface area contributed by atoms with Gasteiger partial charge in [-0.05, 0) is 43.3 Å². The minimum absolute atomic E-state index is 0.201. The summed E-state index contributed by atoms with van der Waals surface area (Å²) in [5, 5.41) is 6.66. The summed E-state index contributed by atoms with van der Waals surface area (Å²) in [6.45, 7) is 1.50. The summed E-state index contributed by atoms with van der Waals surface area (Å²) in [5.74, 6) is -0.238. The Kier molecular flexibility index (Phi) is 5.33. The molecule has 0 radical (unpaired) electrons. The zero-order valence-corrected chi connectivity index (χ0v) is 15.6. The first kappa shape index (κ1) is 19.8. The van der Waals surface area contributed by atoms with Crippen LogP contribution in [0.15, 0.2) is 48.5 Å². The van der Waals surface area contributed by atoms with Crippen LogP contribution in [0.25, 0.3) is 5.69 Å². The zero-order valence-electron chi connectivity index (χ0n) is 14.8. The number of methoxy groups -OCH3 is 1. The molecule has 3 aromatic rings. The van der Waals surface area contributed by atoms with E-state index in [9.17, 15) is 18.0 Å². The summed E-state index contributed by atoms with van der Waals surface area (Å²) in [7, 11) is 1.36. The average molecular weight is 410 g/mol. The molecule has 0 aliphatic heterocycles. The van der Waals surface area contributed by atoms with E-state index in [1.807, 2.05) is 0 Å². The van der Waals surface area contributed by atoms with E-state index in [-0.39, 0.29) is 22.7 Å². The largest absolute Gasteiger partial charge is 0.494 e. The smallest absolute Gasteiger partial charge is 0.435 e. The minimum atomic E-state index is -4.56. The number of rotatable bonds is 4. The van der Waals surface area contributed by atoms with Gasteiger partial charge in [0.15, 0.2) is 5.69 Å². The van der Waals surface area contributed by atoms with E-state index in [1.165, 1.54) is 32.2 Å². The second kappa shape index (κ2) is 7.55. The Morgan fingerprint density at radius 2 is 1.89 bits per heavy atom. The van der Waals surface area contributed by atoms with Crippen LogP contribution >= 0.6 is 11.6 Å². The number of carbonyl (C=O) groups excluding carboxylic acids is 1. The normalized spacial score (nSPS) is 11.4. The molecule has 1 N–H and O–H groups in total. The molecule has 0 saturated carbocycles. The topological polar surface area (TPSA) is 56.1 Å². The number of aryl methyl sites for hydroxylation is 1. The molecule has 0 spiro atoms. The van der Waals surface area contributed by atoms with Crippen LogP contribution in [0.1, 0.15) is 21.7 Å². The number of halogens is 4. The van der Waals surface area contributed by atoms with Crippen molar-refractivity contribution < 1.29 is 22.7 Å². The van der Waals surface area contributed by atoms with Crippen molar-refractivity contribution in [3.63, 3.8) is 0 Å². The van der Waals surface area contributed by atoms with Gasteiger partial charge in [-0.25, -0.2) is 4.68 Å². The summed E-state index contributed by atoms with van der Waals surface area (Å²) in [5.41, 5.74) is 0.243. The van der Waals surface area contributed by atoms with Gasteiger partial charge in [-0.2, -0.15) is 18.3 Å². The van der Waals surface area contributed by atoms with Gasteiger partial charge >= 0.3 is 6.18 Å². The molecular weight excluding hydrogens is 395 g/mol. The number of aromatic nitrogens is 2. The Bertz CT molecular complexity index is 1030. The van der Waals surface area contributed by atoms with Crippen molar-refractivity contribution in [1.29, 1.82) is 0 Å². The molecule has 2 aromatic carbocycles. The monoisotopic (exact) mass is 409 g/mol. The van der Waals surface area contributed by atoms with Crippen LogP contribution < -0.4 is 10.1 Å². The quantitative estimate of drug-likeness (QED) is 0.651.